The minimum absolute atomic E-state index is 0.0774. The summed E-state index contributed by atoms with van der Waals surface area (Å²) in [5.74, 6) is -4.62. The van der Waals surface area contributed by atoms with Crippen molar-refractivity contribution in [3.63, 3.8) is 0 Å². The van der Waals surface area contributed by atoms with Crippen molar-refractivity contribution in [2.24, 2.45) is 0 Å². The number of amides is 1. The molecule has 0 aromatic heterocycles. The van der Waals surface area contributed by atoms with E-state index in [-0.39, 0.29) is 10.7 Å². The topological polar surface area (TPSA) is 187 Å². The maximum atomic E-state index is 13.1. The number of hydrogen-bond acceptors (Lipinski definition) is 12. The van der Waals surface area contributed by atoms with Crippen LogP contribution >= 0.6 is 11.6 Å². The van der Waals surface area contributed by atoms with Gasteiger partial charge in [0.15, 0.2) is 18.3 Å². The molecule has 1 aliphatic rings. The summed E-state index contributed by atoms with van der Waals surface area (Å²) in [6.45, 7) is 4.03. The van der Waals surface area contributed by atoms with Crippen LogP contribution in [0.5, 0.6) is 0 Å². The van der Waals surface area contributed by atoms with Gasteiger partial charge in [0.05, 0.1) is 4.92 Å². The number of hydrogen-bond donors (Lipinski definition) is 1. The van der Waals surface area contributed by atoms with Crippen LogP contribution < -0.4 is 5.32 Å². The molecular weight excluding hydrogens is 496 g/mol. The van der Waals surface area contributed by atoms with Crippen molar-refractivity contribution in [2.75, 3.05) is 5.32 Å². The smallest absolute Gasteiger partial charge is 0.305 e. The van der Waals surface area contributed by atoms with E-state index < -0.39 is 71.1 Å². The van der Waals surface area contributed by atoms with Crippen molar-refractivity contribution in [1.82, 2.24) is 0 Å². The average Bonchev–Trinajstić information content (AvgIpc) is 2.71. The van der Waals surface area contributed by atoms with E-state index >= 15 is 0 Å². The standard InChI is InChI=1S/C20H21ClN2O12/c1-8(24)31-15-16(32-9(2)25)18(33-10(3)26)20(34-11(4)27)35-17(15)19(28)22-12-5-6-13(21)14(7-12)23(29)30/h5-7,15-18,20H,1-4H3,(H,22,28)/t15-,16-,17-,18+,20+/m0/s1. The van der Waals surface area contributed by atoms with E-state index in [1.54, 1.807) is 0 Å². The molecule has 2 rings (SSSR count). The fourth-order valence-electron chi connectivity index (χ4n) is 3.19. The molecule has 0 bridgehead atoms. The lowest BCUT2D eigenvalue weighted by Crippen LogP contribution is -2.64. The van der Waals surface area contributed by atoms with Crippen molar-refractivity contribution in [3.8, 4) is 0 Å². The first-order chi connectivity index (χ1) is 16.3. The lowest BCUT2D eigenvalue weighted by molar-refractivity contribution is -0.384. The van der Waals surface area contributed by atoms with E-state index in [9.17, 15) is 34.1 Å². The molecule has 15 heteroatoms. The van der Waals surface area contributed by atoms with E-state index in [1.165, 1.54) is 12.1 Å². The van der Waals surface area contributed by atoms with Gasteiger partial charge in [0.25, 0.3) is 11.6 Å². The number of nitro groups is 1. The minimum atomic E-state index is -1.78. The Morgan fingerprint density at radius 1 is 0.886 bits per heavy atom. The zero-order valence-electron chi connectivity index (χ0n) is 18.8. The van der Waals surface area contributed by atoms with Crippen molar-refractivity contribution in [3.05, 3.63) is 33.3 Å². The van der Waals surface area contributed by atoms with E-state index in [1.807, 2.05) is 0 Å². The highest BCUT2D eigenvalue weighted by molar-refractivity contribution is 6.32. The average molecular weight is 517 g/mol. The van der Waals surface area contributed by atoms with Crippen LogP contribution in [-0.2, 0) is 47.7 Å². The summed E-state index contributed by atoms with van der Waals surface area (Å²) in [5, 5.41) is 13.3. The van der Waals surface area contributed by atoms with Gasteiger partial charge in [0, 0.05) is 39.4 Å². The van der Waals surface area contributed by atoms with Gasteiger partial charge in [-0.25, -0.2) is 0 Å². The molecule has 1 amide bonds. The Labute approximate surface area is 202 Å². The number of anilines is 1. The van der Waals surface area contributed by atoms with E-state index in [2.05, 4.69) is 5.32 Å². The normalized spacial score (nSPS) is 23.4. The Hall–Kier alpha value is -3.78. The van der Waals surface area contributed by atoms with Gasteiger partial charge >= 0.3 is 23.9 Å². The molecule has 190 valence electrons. The molecule has 0 saturated carbocycles. The van der Waals surface area contributed by atoms with E-state index in [4.69, 9.17) is 35.3 Å². The largest absolute Gasteiger partial charge is 0.455 e. The number of esters is 4. The summed E-state index contributed by atoms with van der Waals surface area (Å²) in [4.78, 5) is 70.3. The monoisotopic (exact) mass is 516 g/mol. The Morgan fingerprint density at radius 3 is 1.91 bits per heavy atom. The van der Waals surface area contributed by atoms with Gasteiger partial charge in [-0.2, -0.15) is 0 Å². The third-order valence-electron chi connectivity index (χ3n) is 4.35. The van der Waals surface area contributed by atoms with Gasteiger partial charge in [0.1, 0.15) is 5.02 Å². The fourth-order valence-corrected chi connectivity index (χ4v) is 3.37. The lowest BCUT2D eigenvalue weighted by atomic mass is 9.97. The van der Waals surface area contributed by atoms with Gasteiger partial charge in [-0.15, -0.1) is 0 Å². The quantitative estimate of drug-likeness (QED) is 0.237. The zero-order chi connectivity index (χ0) is 26.4. The third kappa shape index (κ3) is 7.35. The van der Waals surface area contributed by atoms with Gasteiger partial charge in [-0.3, -0.25) is 34.1 Å². The molecule has 1 aromatic carbocycles. The first-order valence-corrected chi connectivity index (χ1v) is 10.3. The summed E-state index contributed by atoms with van der Waals surface area (Å²) in [7, 11) is 0. The summed E-state index contributed by atoms with van der Waals surface area (Å²) >= 11 is 5.77. The highest BCUT2D eigenvalue weighted by Crippen LogP contribution is 2.32. The molecule has 1 aromatic rings. The number of rotatable bonds is 7. The molecule has 5 atom stereocenters. The SMILES string of the molecule is CC(=O)O[C@@H]1O[C@H](C(=O)Nc2ccc(Cl)c([N+](=O)[O-])c2)[C@@H](OC(C)=O)[C@H](OC(C)=O)[C@H]1OC(C)=O. The molecule has 1 N–H and O–H groups in total. The first kappa shape index (κ1) is 27.5. The molecule has 0 aliphatic carbocycles. The van der Waals surface area contributed by atoms with Crippen molar-refractivity contribution >= 4 is 52.8 Å². The second kappa shape index (κ2) is 11.6. The Bertz CT molecular complexity index is 1040. The van der Waals surface area contributed by atoms with Gasteiger partial charge in [-0.1, -0.05) is 11.6 Å². The molecule has 1 fully saturated rings. The third-order valence-corrected chi connectivity index (χ3v) is 4.67. The number of benzene rings is 1. The predicted octanol–water partition coefficient (Wildman–Crippen LogP) is 1.27. The van der Waals surface area contributed by atoms with Crippen LogP contribution in [0.15, 0.2) is 18.2 Å². The fraction of sp³-hybridized carbons (Fsp3) is 0.450. The molecule has 0 spiro atoms. The van der Waals surface area contributed by atoms with Crippen LogP contribution in [-0.4, -0.2) is 65.4 Å². The highest BCUT2D eigenvalue weighted by atomic mass is 35.5. The van der Waals surface area contributed by atoms with Crippen LogP contribution in [0.3, 0.4) is 0 Å². The first-order valence-electron chi connectivity index (χ1n) is 9.89. The summed E-state index contributed by atoms with van der Waals surface area (Å²) in [6.07, 6.45) is -8.44. The van der Waals surface area contributed by atoms with Crippen LogP contribution in [0.1, 0.15) is 27.7 Å². The number of ether oxygens (including phenoxy) is 5. The van der Waals surface area contributed by atoms with Gasteiger partial charge in [0.2, 0.25) is 12.4 Å². The number of halogens is 1. The number of nitrogens with zero attached hydrogens (tertiary/aromatic N) is 1. The molecule has 0 unspecified atom stereocenters. The molecule has 0 radical (unpaired) electrons. The highest BCUT2D eigenvalue weighted by Gasteiger charge is 2.55. The molecular formula is C20H21ClN2O12. The van der Waals surface area contributed by atoms with Crippen molar-refractivity contribution < 1.29 is 52.6 Å². The lowest BCUT2D eigenvalue weighted by Gasteiger charge is -2.43. The summed E-state index contributed by atoms with van der Waals surface area (Å²) in [5.41, 5.74) is -0.581. The minimum Gasteiger partial charge on any atom is -0.455 e. The van der Waals surface area contributed by atoms with Gasteiger partial charge < -0.3 is 29.0 Å². The molecule has 1 heterocycles. The Morgan fingerprint density at radius 2 is 1.40 bits per heavy atom. The summed E-state index contributed by atoms with van der Waals surface area (Å²) in [6, 6.07) is 3.39. The van der Waals surface area contributed by atoms with Crippen molar-refractivity contribution in [1.29, 1.82) is 0 Å². The zero-order valence-corrected chi connectivity index (χ0v) is 19.6. The Balaban J connectivity index is 2.50. The molecule has 35 heavy (non-hydrogen) atoms. The Kier molecular flexibility index (Phi) is 9.08. The van der Waals surface area contributed by atoms with Crippen LogP contribution in [0, 0.1) is 10.1 Å². The second-order valence-electron chi connectivity index (χ2n) is 7.17. The molecule has 1 saturated heterocycles. The number of carbonyl (C=O) groups excluding carboxylic acids is 5. The van der Waals surface area contributed by atoms with E-state index in [0.717, 1.165) is 33.8 Å². The maximum Gasteiger partial charge on any atom is 0.305 e. The number of carbonyl (C=O) groups is 5. The van der Waals surface area contributed by atoms with Crippen LogP contribution in [0.4, 0.5) is 11.4 Å². The van der Waals surface area contributed by atoms with Crippen LogP contribution in [0.2, 0.25) is 5.02 Å². The number of nitrogens with one attached hydrogen (secondary N) is 1. The van der Waals surface area contributed by atoms with Gasteiger partial charge in [-0.05, 0) is 12.1 Å². The molecule has 1 aliphatic heterocycles. The second-order valence-corrected chi connectivity index (χ2v) is 7.58. The van der Waals surface area contributed by atoms with Crippen LogP contribution in [0.25, 0.3) is 0 Å². The predicted molar refractivity (Wildman–Crippen MR) is 114 cm³/mol. The number of nitro benzene ring substituents is 1. The molecule has 14 nitrogen and oxygen atoms in total. The maximum absolute atomic E-state index is 13.1. The summed E-state index contributed by atoms with van der Waals surface area (Å²) < 4.78 is 26.0. The van der Waals surface area contributed by atoms with E-state index in [0.29, 0.717) is 0 Å². The van der Waals surface area contributed by atoms with Crippen molar-refractivity contribution in [2.45, 2.75) is 58.4 Å².